The molecule has 0 radical (unpaired) electrons. The van der Waals surface area contributed by atoms with Gasteiger partial charge in [0.05, 0.1) is 0 Å². The molecule has 2 aromatic carbocycles. The predicted molar refractivity (Wildman–Crippen MR) is 72.3 cm³/mol. The van der Waals surface area contributed by atoms with Crippen molar-refractivity contribution >= 4 is 11.4 Å². The number of allylic oxidation sites excluding steroid dienone is 1. The minimum Gasteiger partial charge on any atom is -0.508 e. The van der Waals surface area contributed by atoms with Crippen molar-refractivity contribution < 1.29 is 9.90 Å². The molecule has 0 aliphatic rings. The molecule has 0 heterocycles. The van der Waals surface area contributed by atoms with Crippen molar-refractivity contribution in [3.05, 3.63) is 71.8 Å². The fraction of sp³-hybridized carbons (Fsp3) is 0.0625. The van der Waals surface area contributed by atoms with Gasteiger partial charge in [0.2, 0.25) is 0 Å². The van der Waals surface area contributed by atoms with Gasteiger partial charge in [-0.15, -0.1) is 0 Å². The number of carbonyl (C=O) groups excluding carboxylic acids is 1. The third-order valence-corrected chi connectivity index (χ3v) is 2.61. The first-order valence-electron chi connectivity index (χ1n) is 5.74. The summed E-state index contributed by atoms with van der Waals surface area (Å²) >= 11 is 0. The molecule has 0 fully saturated rings. The predicted octanol–water partition coefficient (Wildman–Crippen LogP) is 3.41. The molecular formula is C16H14O2. The number of ketones is 1. The Balaban J connectivity index is 2.51. The van der Waals surface area contributed by atoms with Gasteiger partial charge < -0.3 is 5.11 Å². The molecule has 0 aliphatic heterocycles. The van der Waals surface area contributed by atoms with E-state index in [1.807, 2.05) is 30.3 Å². The molecule has 2 nitrogen and oxygen atoms in total. The Morgan fingerprint density at radius 3 is 2.06 bits per heavy atom. The SMILES string of the molecule is CC(=O)/C=C(/c1ccccc1)c1ccc(O)cc1. The third-order valence-electron chi connectivity index (χ3n) is 2.61. The molecule has 2 rings (SSSR count). The van der Waals surface area contributed by atoms with Crippen molar-refractivity contribution in [2.24, 2.45) is 0 Å². The van der Waals surface area contributed by atoms with E-state index in [1.54, 1.807) is 30.3 Å². The molecule has 0 bridgehead atoms. The van der Waals surface area contributed by atoms with E-state index in [1.165, 1.54) is 6.92 Å². The Kier molecular flexibility index (Phi) is 3.58. The number of phenols is 1. The van der Waals surface area contributed by atoms with Crippen LogP contribution >= 0.6 is 0 Å². The van der Waals surface area contributed by atoms with E-state index in [0.29, 0.717) is 0 Å². The second-order valence-corrected chi connectivity index (χ2v) is 4.08. The van der Waals surface area contributed by atoms with Crippen LogP contribution in [-0.2, 0) is 4.79 Å². The topological polar surface area (TPSA) is 37.3 Å². The summed E-state index contributed by atoms with van der Waals surface area (Å²) in [6.07, 6.45) is 1.61. The van der Waals surface area contributed by atoms with Gasteiger partial charge in [-0.3, -0.25) is 4.79 Å². The van der Waals surface area contributed by atoms with Crippen LogP contribution in [0.15, 0.2) is 60.7 Å². The molecule has 0 aromatic heterocycles. The number of aromatic hydroxyl groups is 1. The minimum absolute atomic E-state index is 0.00179. The van der Waals surface area contributed by atoms with E-state index in [0.717, 1.165) is 16.7 Å². The van der Waals surface area contributed by atoms with Gasteiger partial charge in [0, 0.05) is 0 Å². The number of carbonyl (C=O) groups is 1. The van der Waals surface area contributed by atoms with Crippen LogP contribution in [0.25, 0.3) is 5.57 Å². The molecule has 2 heteroatoms. The van der Waals surface area contributed by atoms with Gasteiger partial charge in [0.25, 0.3) is 0 Å². The van der Waals surface area contributed by atoms with E-state index in [-0.39, 0.29) is 11.5 Å². The van der Waals surface area contributed by atoms with Crippen LogP contribution in [0, 0.1) is 0 Å². The second-order valence-electron chi connectivity index (χ2n) is 4.08. The van der Waals surface area contributed by atoms with E-state index >= 15 is 0 Å². The monoisotopic (exact) mass is 238 g/mol. The molecule has 0 saturated carbocycles. The van der Waals surface area contributed by atoms with E-state index in [4.69, 9.17) is 0 Å². The third kappa shape index (κ3) is 2.86. The highest BCUT2D eigenvalue weighted by atomic mass is 16.3. The Labute approximate surface area is 106 Å². The normalized spacial score (nSPS) is 11.3. The fourth-order valence-electron chi connectivity index (χ4n) is 1.80. The highest BCUT2D eigenvalue weighted by molar-refractivity contribution is 5.99. The molecule has 0 aliphatic carbocycles. The number of rotatable bonds is 3. The first-order valence-corrected chi connectivity index (χ1v) is 5.74. The van der Waals surface area contributed by atoms with E-state index in [2.05, 4.69) is 0 Å². The Hall–Kier alpha value is -2.35. The number of hydrogen-bond donors (Lipinski definition) is 1. The van der Waals surface area contributed by atoms with Crippen molar-refractivity contribution in [2.45, 2.75) is 6.92 Å². The first-order chi connectivity index (χ1) is 8.66. The zero-order valence-corrected chi connectivity index (χ0v) is 10.1. The van der Waals surface area contributed by atoms with Crippen LogP contribution in [0.4, 0.5) is 0 Å². The van der Waals surface area contributed by atoms with Crippen LogP contribution in [0.5, 0.6) is 5.75 Å². The fourth-order valence-corrected chi connectivity index (χ4v) is 1.80. The zero-order chi connectivity index (χ0) is 13.0. The molecule has 0 saturated heterocycles. The van der Waals surface area contributed by atoms with Crippen LogP contribution in [0.3, 0.4) is 0 Å². The van der Waals surface area contributed by atoms with Crippen molar-refractivity contribution in [1.29, 1.82) is 0 Å². The smallest absolute Gasteiger partial charge is 0.153 e. The molecule has 2 aromatic rings. The molecular weight excluding hydrogens is 224 g/mol. The van der Waals surface area contributed by atoms with Crippen molar-refractivity contribution in [3.63, 3.8) is 0 Å². The van der Waals surface area contributed by atoms with Crippen LogP contribution in [0.2, 0.25) is 0 Å². The van der Waals surface area contributed by atoms with E-state index < -0.39 is 0 Å². The first kappa shape index (κ1) is 12.1. The molecule has 0 amide bonds. The highest BCUT2D eigenvalue weighted by Gasteiger charge is 2.05. The molecule has 0 unspecified atom stereocenters. The van der Waals surface area contributed by atoms with Gasteiger partial charge in [-0.2, -0.15) is 0 Å². The highest BCUT2D eigenvalue weighted by Crippen LogP contribution is 2.24. The summed E-state index contributed by atoms with van der Waals surface area (Å²) in [6, 6.07) is 16.6. The largest absolute Gasteiger partial charge is 0.508 e. The lowest BCUT2D eigenvalue weighted by molar-refractivity contribution is -0.112. The summed E-state index contributed by atoms with van der Waals surface area (Å²) in [4.78, 5) is 11.3. The van der Waals surface area contributed by atoms with Crippen molar-refractivity contribution in [3.8, 4) is 5.75 Å². The molecule has 18 heavy (non-hydrogen) atoms. The summed E-state index contributed by atoms with van der Waals surface area (Å²) in [5, 5.41) is 9.30. The van der Waals surface area contributed by atoms with Gasteiger partial charge in [-0.05, 0) is 41.8 Å². The molecule has 0 atom stereocenters. The number of phenolic OH excluding ortho intramolecular Hbond substituents is 1. The van der Waals surface area contributed by atoms with Crippen molar-refractivity contribution in [1.82, 2.24) is 0 Å². The summed E-state index contributed by atoms with van der Waals surface area (Å²) in [7, 11) is 0. The Morgan fingerprint density at radius 1 is 0.944 bits per heavy atom. The van der Waals surface area contributed by atoms with Gasteiger partial charge >= 0.3 is 0 Å². The summed E-state index contributed by atoms with van der Waals surface area (Å²) in [6.45, 7) is 1.53. The molecule has 0 spiro atoms. The summed E-state index contributed by atoms with van der Waals surface area (Å²) in [5.74, 6) is 0.218. The Morgan fingerprint density at radius 2 is 1.50 bits per heavy atom. The molecule has 90 valence electrons. The molecule has 1 N–H and O–H groups in total. The minimum atomic E-state index is 0.00179. The second kappa shape index (κ2) is 5.32. The quantitative estimate of drug-likeness (QED) is 0.832. The van der Waals surface area contributed by atoms with Gasteiger partial charge in [-0.1, -0.05) is 42.5 Å². The zero-order valence-electron chi connectivity index (χ0n) is 10.1. The number of hydrogen-bond acceptors (Lipinski definition) is 2. The van der Waals surface area contributed by atoms with Crippen LogP contribution in [0.1, 0.15) is 18.1 Å². The standard InChI is InChI=1S/C16H14O2/c1-12(17)11-16(13-5-3-2-4-6-13)14-7-9-15(18)10-8-14/h2-11,18H,1H3/b16-11-. The van der Waals surface area contributed by atoms with Crippen LogP contribution < -0.4 is 0 Å². The number of benzene rings is 2. The summed E-state index contributed by atoms with van der Waals surface area (Å²) in [5.41, 5.74) is 2.76. The maximum Gasteiger partial charge on any atom is 0.153 e. The van der Waals surface area contributed by atoms with Crippen LogP contribution in [-0.4, -0.2) is 10.9 Å². The maximum atomic E-state index is 11.3. The maximum absolute atomic E-state index is 11.3. The summed E-state index contributed by atoms with van der Waals surface area (Å²) < 4.78 is 0. The lowest BCUT2D eigenvalue weighted by Crippen LogP contribution is -1.92. The Bertz CT molecular complexity index is 566. The van der Waals surface area contributed by atoms with Gasteiger partial charge in [0.15, 0.2) is 5.78 Å². The average molecular weight is 238 g/mol. The van der Waals surface area contributed by atoms with Gasteiger partial charge in [0.1, 0.15) is 5.75 Å². The van der Waals surface area contributed by atoms with Crippen molar-refractivity contribution in [2.75, 3.05) is 0 Å². The van der Waals surface area contributed by atoms with Gasteiger partial charge in [-0.25, -0.2) is 0 Å². The van der Waals surface area contributed by atoms with E-state index in [9.17, 15) is 9.90 Å². The lowest BCUT2D eigenvalue weighted by atomic mass is 9.97. The lowest BCUT2D eigenvalue weighted by Gasteiger charge is -2.08. The average Bonchev–Trinajstić information content (AvgIpc) is 2.38.